The second-order valence-electron chi connectivity index (χ2n) is 9.91. The first kappa shape index (κ1) is 27.3. The number of carbonyl (C=O) groups is 2. The molecule has 212 valence electrons. The monoisotopic (exact) mass is 568 g/mol. The first-order valence-corrected chi connectivity index (χ1v) is 13.7. The number of nitrogen functional groups attached to an aromatic ring is 1. The lowest BCUT2D eigenvalue weighted by molar-refractivity contribution is -0.139. The molecular weight excluding hydrogens is 540 g/mol. The van der Waals surface area contributed by atoms with Gasteiger partial charge in [0.25, 0.3) is 5.91 Å². The van der Waals surface area contributed by atoms with Crippen LogP contribution in [-0.2, 0) is 22.5 Å². The van der Waals surface area contributed by atoms with Crippen molar-refractivity contribution < 1.29 is 14.3 Å². The number of hydrogen-bond donors (Lipinski definition) is 2. The molecule has 3 aromatic carbocycles. The Kier molecular flexibility index (Phi) is 7.60. The highest BCUT2D eigenvalue weighted by Crippen LogP contribution is 2.31. The standard InChI is InChI=1S/C34H28N6O3/c1-43-30(41)20-22-9-13-25(14-10-22)34(42)37-21-23-11-15-26(16-12-23)40-32(27-8-5-19-36-31(27)35)39-29-18-17-28(38-33(29)40)24-6-3-2-4-7-24/h2-19H,20-21H2,1H3,(H2,35,36)(H,37,42). The van der Waals surface area contributed by atoms with Crippen LogP contribution in [0.5, 0.6) is 0 Å². The van der Waals surface area contributed by atoms with Gasteiger partial charge in [-0.3, -0.25) is 14.2 Å². The maximum atomic E-state index is 12.7. The minimum atomic E-state index is -0.326. The van der Waals surface area contributed by atoms with Crippen LogP contribution in [0.15, 0.2) is 109 Å². The lowest BCUT2D eigenvalue weighted by Crippen LogP contribution is -2.22. The lowest BCUT2D eigenvalue weighted by atomic mass is 10.1. The molecule has 0 unspecified atom stereocenters. The van der Waals surface area contributed by atoms with Gasteiger partial charge in [-0.1, -0.05) is 54.6 Å². The SMILES string of the molecule is COC(=O)Cc1ccc(C(=O)NCc2ccc(-n3c(-c4cccnc4N)nc4ccc(-c5ccccc5)nc43)cc2)cc1. The fourth-order valence-electron chi connectivity index (χ4n) is 4.82. The molecule has 0 aliphatic heterocycles. The first-order chi connectivity index (χ1) is 21.0. The number of anilines is 1. The van der Waals surface area contributed by atoms with Crippen molar-refractivity contribution >= 4 is 28.9 Å². The van der Waals surface area contributed by atoms with Gasteiger partial charge < -0.3 is 15.8 Å². The summed E-state index contributed by atoms with van der Waals surface area (Å²) >= 11 is 0. The number of rotatable bonds is 8. The van der Waals surface area contributed by atoms with Gasteiger partial charge in [0.1, 0.15) is 11.3 Å². The van der Waals surface area contributed by atoms with Crippen molar-refractivity contribution in [2.45, 2.75) is 13.0 Å². The van der Waals surface area contributed by atoms with E-state index in [1.165, 1.54) is 7.11 Å². The van der Waals surface area contributed by atoms with E-state index in [2.05, 4.69) is 10.3 Å². The maximum Gasteiger partial charge on any atom is 0.309 e. The molecule has 0 saturated carbocycles. The highest BCUT2D eigenvalue weighted by atomic mass is 16.5. The number of ether oxygens (including phenoxy) is 1. The molecule has 6 aromatic rings. The van der Waals surface area contributed by atoms with Crippen molar-refractivity contribution in [3.05, 3.63) is 126 Å². The van der Waals surface area contributed by atoms with Crippen LogP contribution in [0.25, 0.3) is 39.5 Å². The normalized spacial score (nSPS) is 10.9. The second kappa shape index (κ2) is 12.0. The number of esters is 1. The van der Waals surface area contributed by atoms with E-state index in [9.17, 15) is 9.59 Å². The van der Waals surface area contributed by atoms with Gasteiger partial charge in [-0.2, -0.15) is 0 Å². The van der Waals surface area contributed by atoms with E-state index in [0.717, 1.165) is 33.6 Å². The first-order valence-electron chi connectivity index (χ1n) is 13.7. The fourth-order valence-corrected chi connectivity index (χ4v) is 4.82. The minimum Gasteiger partial charge on any atom is -0.469 e. The van der Waals surface area contributed by atoms with Crippen molar-refractivity contribution in [1.29, 1.82) is 0 Å². The molecule has 0 fully saturated rings. The molecule has 9 nitrogen and oxygen atoms in total. The Hall–Kier alpha value is -5.83. The lowest BCUT2D eigenvalue weighted by Gasteiger charge is -2.12. The summed E-state index contributed by atoms with van der Waals surface area (Å²) in [5.41, 5.74) is 13.3. The molecule has 0 atom stereocenters. The Bertz CT molecular complexity index is 1920. The molecule has 0 saturated heterocycles. The summed E-state index contributed by atoms with van der Waals surface area (Å²) in [6.07, 6.45) is 1.81. The van der Waals surface area contributed by atoms with Crippen molar-refractivity contribution in [2.24, 2.45) is 0 Å². The zero-order valence-corrected chi connectivity index (χ0v) is 23.4. The predicted octanol–water partition coefficient (Wildman–Crippen LogP) is 5.38. The van der Waals surface area contributed by atoms with Crippen molar-refractivity contribution in [2.75, 3.05) is 12.8 Å². The third-order valence-electron chi connectivity index (χ3n) is 7.09. The number of aromatic nitrogens is 4. The van der Waals surface area contributed by atoms with Gasteiger partial charge in [-0.25, -0.2) is 15.0 Å². The number of nitrogens with one attached hydrogen (secondary N) is 1. The van der Waals surface area contributed by atoms with Crippen molar-refractivity contribution in [3.8, 4) is 28.3 Å². The molecule has 0 bridgehead atoms. The van der Waals surface area contributed by atoms with E-state index in [-0.39, 0.29) is 18.3 Å². The Morgan fingerprint density at radius 1 is 0.837 bits per heavy atom. The van der Waals surface area contributed by atoms with E-state index < -0.39 is 0 Å². The van der Waals surface area contributed by atoms with Crippen LogP contribution in [0.4, 0.5) is 5.82 Å². The Morgan fingerprint density at radius 3 is 2.30 bits per heavy atom. The zero-order chi connectivity index (χ0) is 29.8. The molecule has 3 aromatic heterocycles. The van der Waals surface area contributed by atoms with Crippen LogP contribution in [0.3, 0.4) is 0 Å². The van der Waals surface area contributed by atoms with Gasteiger partial charge in [-0.15, -0.1) is 0 Å². The zero-order valence-electron chi connectivity index (χ0n) is 23.4. The van der Waals surface area contributed by atoms with Gasteiger partial charge in [0.05, 0.1) is 24.8 Å². The molecule has 43 heavy (non-hydrogen) atoms. The third kappa shape index (κ3) is 5.82. The van der Waals surface area contributed by atoms with Crippen molar-refractivity contribution in [1.82, 2.24) is 24.8 Å². The van der Waals surface area contributed by atoms with Crippen LogP contribution in [0, 0.1) is 0 Å². The fraction of sp³-hybridized carbons (Fsp3) is 0.0882. The van der Waals surface area contributed by atoms with Crippen molar-refractivity contribution in [3.63, 3.8) is 0 Å². The van der Waals surface area contributed by atoms with Gasteiger partial charge >= 0.3 is 5.97 Å². The summed E-state index contributed by atoms with van der Waals surface area (Å²) in [5, 5.41) is 2.95. The maximum absolute atomic E-state index is 12.7. The highest BCUT2D eigenvalue weighted by Gasteiger charge is 2.19. The summed E-state index contributed by atoms with van der Waals surface area (Å²) in [6.45, 7) is 0.340. The topological polar surface area (TPSA) is 125 Å². The van der Waals surface area contributed by atoms with E-state index in [4.69, 9.17) is 20.4 Å². The molecule has 9 heteroatoms. The van der Waals surface area contributed by atoms with Crippen LogP contribution in [-0.4, -0.2) is 38.5 Å². The number of nitrogens with zero attached hydrogens (tertiary/aromatic N) is 4. The third-order valence-corrected chi connectivity index (χ3v) is 7.09. The molecule has 3 heterocycles. The molecular formula is C34H28N6O3. The van der Waals surface area contributed by atoms with Gasteiger partial charge in [0.2, 0.25) is 0 Å². The number of fused-ring (bicyclic) bond motifs is 1. The molecule has 0 aliphatic rings. The molecule has 6 rings (SSSR count). The van der Waals surface area contributed by atoms with Crippen LogP contribution in [0.2, 0.25) is 0 Å². The largest absolute Gasteiger partial charge is 0.469 e. The number of carbonyl (C=O) groups excluding carboxylic acids is 2. The average molecular weight is 569 g/mol. The number of methoxy groups -OCH3 is 1. The Balaban J connectivity index is 1.28. The number of imidazole rings is 1. The Labute approximate surface area is 248 Å². The van der Waals surface area contributed by atoms with Gasteiger partial charge in [0.15, 0.2) is 11.5 Å². The highest BCUT2D eigenvalue weighted by molar-refractivity contribution is 5.94. The summed E-state index contributed by atoms with van der Waals surface area (Å²) in [5.74, 6) is 0.476. The second-order valence-corrected chi connectivity index (χ2v) is 9.91. The molecule has 0 aliphatic carbocycles. The van der Waals surface area contributed by atoms with Crippen LogP contribution >= 0.6 is 0 Å². The number of benzene rings is 3. The number of nitrogens with two attached hydrogens (primary N) is 1. The smallest absolute Gasteiger partial charge is 0.309 e. The molecule has 0 radical (unpaired) electrons. The summed E-state index contributed by atoms with van der Waals surface area (Å²) in [6, 6.07) is 32.4. The molecule has 0 spiro atoms. The molecule has 3 N–H and O–H groups in total. The molecule has 1 amide bonds. The quantitative estimate of drug-likeness (QED) is 0.236. The number of hydrogen-bond acceptors (Lipinski definition) is 7. The van der Waals surface area contributed by atoms with E-state index in [1.807, 2.05) is 83.4 Å². The number of pyridine rings is 2. The Morgan fingerprint density at radius 2 is 1.58 bits per heavy atom. The van der Waals surface area contributed by atoms with Gasteiger partial charge in [0, 0.05) is 29.6 Å². The van der Waals surface area contributed by atoms with E-state index in [0.29, 0.717) is 35.0 Å². The summed E-state index contributed by atoms with van der Waals surface area (Å²) < 4.78 is 6.67. The summed E-state index contributed by atoms with van der Waals surface area (Å²) in [4.78, 5) is 38.4. The van der Waals surface area contributed by atoms with E-state index in [1.54, 1.807) is 30.5 Å². The van der Waals surface area contributed by atoms with Crippen LogP contribution in [0.1, 0.15) is 21.5 Å². The van der Waals surface area contributed by atoms with E-state index >= 15 is 0 Å². The van der Waals surface area contributed by atoms with Crippen LogP contribution < -0.4 is 11.1 Å². The average Bonchev–Trinajstić information content (AvgIpc) is 3.43. The van der Waals surface area contributed by atoms with Gasteiger partial charge in [-0.05, 0) is 59.7 Å². The minimum absolute atomic E-state index is 0.162. The number of amides is 1. The summed E-state index contributed by atoms with van der Waals surface area (Å²) in [7, 11) is 1.35. The predicted molar refractivity (Wildman–Crippen MR) is 165 cm³/mol.